The van der Waals surface area contributed by atoms with Crippen molar-refractivity contribution < 1.29 is 4.39 Å². The lowest BCUT2D eigenvalue weighted by molar-refractivity contribution is 0.218. The van der Waals surface area contributed by atoms with Gasteiger partial charge in [-0.2, -0.15) is 0 Å². The number of likely N-dealkylation sites (tertiary alicyclic amines) is 1. The average molecular weight is 248 g/mol. The Kier molecular flexibility index (Phi) is 3.35. The molecule has 0 aliphatic carbocycles. The molecule has 0 radical (unpaired) electrons. The van der Waals surface area contributed by atoms with Crippen LogP contribution in [-0.2, 0) is 0 Å². The number of hydrogen-bond acceptors (Lipinski definition) is 2. The molecule has 2 aliphatic rings. The van der Waals surface area contributed by atoms with Gasteiger partial charge >= 0.3 is 0 Å². The van der Waals surface area contributed by atoms with Crippen LogP contribution in [0.25, 0.3) is 0 Å². The molecule has 0 saturated carbocycles. The number of nitrogens with zero attached hydrogens (tertiary/aromatic N) is 1. The number of rotatable bonds is 3. The van der Waals surface area contributed by atoms with Crippen molar-refractivity contribution in [1.29, 1.82) is 0 Å². The third kappa shape index (κ3) is 2.06. The van der Waals surface area contributed by atoms with E-state index in [0.29, 0.717) is 0 Å². The Bertz CT molecular complexity index is 409. The molecule has 1 N–H and O–H groups in total. The van der Waals surface area contributed by atoms with Gasteiger partial charge in [-0.3, -0.25) is 4.90 Å². The van der Waals surface area contributed by atoms with Gasteiger partial charge in [-0.1, -0.05) is 25.1 Å². The largest absolute Gasteiger partial charge is 0.316 e. The van der Waals surface area contributed by atoms with Gasteiger partial charge in [0.2, 0.25) is 0 Å². The van der Waals surface area contributed by atoms with Crippen LogP contribution in [0.15, 0.2) is 24.3 Å². The summed E-state index contributed by atoms with van der Waals surface area (Å²) >= 11 is 0. The summed E-state index contributed by atoms with van der Waals surface area (Å²) in [6.07, 6.45) is 0.980. The minimum Gasteiger partial charge on any atom is -0.316 e. The summed E-state index contributed by atoms with van der Waals surface area (Å²) < 4.78 is 13.9. The van der Waals surface area contributed by atoms with Gasteiger partial charge in [-0.25, -0.2) is 4.39 Å². The first kappa shape index (κ1) is 12.1. The second-order valence-electron chi connectivity index (χ2n) is 5.58. The van der Waals surface area contributed by atoms with Crippen LogP contribution in [-0.4, -0.2) is 31.1 Å². The lowest BCUT2D eigenvalue weighted by atomic mass is 10.0. The van der Waals surface area contributed by atoms with Crippen LogP contribution in [0, 0.1) is 17.7 Å². The van der Waals surface area contributed by atoms with Crippen molar-refractivity contribution in [2.45, 2.75) is 19.4 Å². The minimum absolute atomic E-state index is 0.0560. The summed E-state index contributed by atoms with van der Waals surface area (Å²) in [5, 5.41) is 3.45. The van der Waals surface area contributed by atoms with E-state index in [1.807, 2.05) is 12.1 Å². The predicted octanol–water partition coefficient (Wildman–Crippen LogP) is 2.43. The Morgan fingerprint density at radius 3 is 2.56 bits per heavy atom. The summed E-state index contributed by atoms with van der Waals surface area (Å²) in [5.41, 5.74) is 0.868. The molecule has 0 amide bonds. The van der Waals surface area contributed by atoms with Crippen molar-refractivity contribution in [3.63, 3.8) is 0 Å². The molecule has 18 heavy (non-hydrogen) atoms. The molecule has 1 aromatic carbocycles. The van der Waals surface area contributed by atoms with Gasteiger partial charge in [0, 0.05) is 24.7 Å². The highest BCUT2D eigenvalue weighted by molar-refractivity contribution is 5.21. The molecule has 0 aromatic heterocycles. The molecule has 3 rings (SSSR count). The molecular formula is C15H21FN2. The highest BCUT2D eigenvalue weighted by Gasteiger charge is 2.38. The first-order valence-corrected chi connectivity index (χ1v) is 6.98. The van der Waals surface area contributed by atoms with Crippen LogP contribution in [0.1, 0.15) is 24.9 Å². The molecule has 98 valence electrons. The summed E-state index contributed by atoms with van der Waals surface area (Å²) in [6, 6.07) is 7.48. The molecule has 0 spiro atoms. The van der Waals surface area contributed by atoms with E-state index in [1.54, 1.807) is 12.1 Å². The molecule has 2 fully saturated rings. The first-order chi connectivity index (χ1) is 8.79. The van der Waals surface area contributed by atoms with Crippen molar-refractivity contribution in [1.82, 2.24) is 10.2 Å². The fourth-order valence-electron chi connectivity index (χ4n) is 3.57. The van der Waals surface area contributed by atoms with E-state index in [4.69, 9.17) is 0 Å². The number of benzene rings is 1. The van der Waals surface area contributed by atoms with E-state index < -0.39 is 0 Å². The molecule has 2 heterocycles. The third-order valence-electron chi connectivity index (χ3n) is 4.51. The second kappa shape index (κ2) is 4.98. The number of halogens is 1. The molecule has 3 heteroatoms. The molecule has 1 unspecified atom stereocenters. The minimum atomic E-state index is -0.0560. The molecule has 2 saturated heterocycles. The second-order valence-corrected chi connectivity index (χ2v) is 5.58. The van der Waals surface area contributed by atoms with E-state index in [-0.39, 0.29) is 11.9 Å². The number of hydrogen-bond donors (Lipinski definition) is 1. The van der Waals surface area contributed by atoms with E-state index in [2.05, 4.69) is 17.1 Å². The van der Waals surface area contributed by atoms with Gasteiger partial charge in [-0.05, 0) is 37.4 Å². The highest BCUT2D eigenvalue weighted by Crippen LogP contribution is 2.35. The highest BCUT2D eigenvalue weighted by atomic mass is 19.1. The van der Waals surface area contributed by atoms with Crippen molar-refractivity contribution >= 4 is 0 Å². The molecule has 2 nitrogen and oxygen atoms in total. The zero-order valence-corrected chi connectivity index (χ0v) is 10.9. The first-order valence-electron chi connectivity index (χ1n) is 6.98. The van der Waals surface area contributed by atoms with Gasteiger partial charge in [-0.15, -0.1) is 0 Å². The summed E-state index contributed by atoms with van der Waals surface area (Å²) in [6.45, 7) is 6.65. The van der Waals surface area contributed by atoms with E-state index >= 15 is 0 Å². The van der Waals surface area contributed by atoms with E-state index in [1.165, 1.54) is 0 Å². The Hall–Kier alpha value is -0.930. The van der Waals surface area contributed by atoms with Crippen LogP contribution in [0.3, 0.4) is 0 Å². The Morgan fingerprint density at radius 2 is 1.94 bits per heavy atom. The predicted molar refractivity (Wildman–Crippen MR) is 70.9 cm³/mol. The van der Waals surface area contributed by atoms with Crippen LogP contribution in [0.5, 0.6) is 0 Å². The molecule has 0 bridgehead atoms. The van der Waals surface area contributed by atoms with Crippen molar-refractivity contribution in [3.8, 4) is 0 Å². The fraction of sp³-hybridized carbons (Fsp3) is 0.600. The fourth-order valence-corrected chi connectivity index (χ4v) is 3.57. The van der Waals surface area contributed by atoms with Crippen LogP contribution in [0.2, 0.25) is 0 Å². The van der Waals surface area contributed by atoms with Gasteiger partial charge in [0.1, 0.15) is 5.82 Å². The van der Waals surface area contributed by atoms with Crippen molar-refractivity contribution in [3.05, 3.63) is 35.6 Å². The van der Waals surface area contributed by atoms with Crippen LogP contribution >= 0.6 is 0 Å². The summed E-state index contributed by atoms with van der Waals surface area (Å²) in [7, 11) is 0. The Balaban J connectivity index is 1.79. The standard InChI is InChI=1S/C15H21FN2/c1-2-15(13-5-3-4-6-14(13)16)18-9-11-7-17-8-12(11)10-18/h3-6,11-12,15,17H,2,7-10H2,1H3/t11-,12+,15?. The maximum absolute atomic E-state index is 13.9. The van der Waals surface area contributed by atoms with Gasteiger partial charge in [0.15, 0.2) is 0 Å². The van der Waals surface area contributed by atoms with Crippen molar-refractivity contribution in [2.75, 3.05) is 26.2 Å². The molecule has 2 aliphatic heterocycles. The Labute approximate surface area is 108 Å². The molecule has 3 atom stereocenters. The van der Waals surface area contributed by atoms with E-state index in [9.17, 15) is 4.39 Å². The van der Waals surface area contributed by atoms with E-state index in [0.717, 1.165) is 50.0 Å². The number of fused-ring (bicyclic) bond motifs is 1. The molecular weight excluding hydrogens is 227 g/mol. The zero-order chi connectivity index (χ0) is 12.5. The van der Waals surface area contributed by atoms with Crippen LogP contribution in [0.4, 0.5) is 4.39 Å². The summed E-state index contributed by atoms with van der Waals surface area (Å²) in [4.78, 5) is 2.48. The maximum atomic E-state index is 13.9. The lowest BCUT2D eigenvalue weighted by Crippen LogP contribution is -2.30. The quantitative estimate of drug-likeness (QED) is 0.884. The summed E-state index contributed by atoms with van der Waals surface area (Å²) in [5.74, 6) is 1.48. The average Bonchev–Trinajstić information content (AvgIpc) is 2.93. The normalized spacial score (nSPS) is 29.4. The molecule has 1 aromatic rings. The SMILES string of the molecule is CCC(c1ccccc1F)N1C[C@H]2CNC[C@H]2C1. The lowest BCUT2D eigenvalue weighted by Gasteiger charge is -2.28. The maximum Gasteiger partial charge on any atom is 0.127 e. The monoisotopic (exact) mass is 248 g/mol. The van der Waals surface area contributed by atoms with Gasteiger partial charge in [0.25, 0.3) is 0 Å². The zero-order valence-electron chi connectivity index (χ0n) is 10.9. The smallest absolute Gasteiger partial charge is 0.127 e. The number of nitrogens with one attached hydrogen (secondary N) is 1. The van der Waals surface area contributed by atoms with Crippen LogP contribution < -0.4 is 5.32 Å². The van der Waals surface area contributed by atoms with Gasteiger partial charge in [0.05, 0.1) is 0 Å². The third-order valence-corrected chi connectivity index (χ3v) is 4.51. The van der Waals surface area contributed by atoms with Crippen molar-refractivity contribution in [2.24, 2.45) is 11.8 Å². The Morgan fingerprint density at radius 1 is 1.28 bits per heavy atom. The topological polar surface area (TPSA) is 15.3 Å². The van der Waals surface area contributed by atoms with Gasteiger partial charge < -0.3 is 5.32 Å².